The number of carbonyl (C=O) groups excluding carboxylic acids is 3. The van der Waals surface area contributed by atoms with E-state index in [9.17, 15) is 14.4 Å². The number of benzene rings is 1. The Kier molecular flexibility index (Phi) is 9.87. The highest BCUT2D eigenvalue weighted by Crippen LogP contribution is 2.36. The molecule has 1 saturated heterocycles. The maximum atomic E-state index is 13.3. The number of esters is 1. The highest BCUT2D eigenvalue weighted by Gasteiger charge is 2.40. The van der Waals surface area contributed by atoms with Crippen LogP contribution in [0, 0.1) is 0 Å². The van der Waals surface area contributed by atoms with Crippen molar-refractivity contribution >= 4 is 41.2 Å². The molecule has 1 aromatic rings. The Balaban J connectivity index is 2.00. The van der Waals surface area contributed by atoms with Crippen molar-refractivity contribution in [3.05, 3.63) is 57.7 Å². The fourth-order valence-electron chi connectivity index (χ4n) is 4.63. The zero-order chi connectivity index (χ0) is 27.3. The third-order valence-electron chi connectivity index (χ3n) is 6.28. The number of nitrogens with one attached hydrogen (secondary N) is 2. The quantitative estimate of drug-likeness (QED) is 0.373. The molecule has 0 radical (unpaired) electrons. The van der Waals surface area contributed by atoms with Crippen LogP contribution in [0.2, 0.25) is 10.0 Å². The van der Waals surface area contributed by atoms with E-state index >= 15 is 0 Å². The van der Waals surface area contributed by atoms with Crippen LogP contribution in [-0.2, 0) is 9.53 Å². The van der Waals surface area contributed by atoms with Crippen LogP contribution >= 0.6 is 23.2 Å². The van der Waals surface area contributed by atoms with Crippen LogP contribution in [0.4, 0.5) is 9.59 Å². The molecule has 1 aromatic carbocycles. The minimum Gasteiger partial charge on any atom is -0.463 e. The van der Waals surface area contributed by atoms with Crippen molar-refractivity contribution in [1.29, 1.82) is 0 Å². The molecule has 37 heavy (non-hydrogen) atoms. The Morgan fingerprint density at radius 2 is 2.03 bits per heavy atom. The summed E-state index contributed by atoms with van der Waals surface area (Å²) in [6.07, 6.45) is 1.61. The molecular formula is C26H35Cl2N5O4. The van der Waals surface area contributed by atoms with Crippen LogP contribution in [0.3, 0.4) is 0 Å². The summed E-state index contributed by atoms with van der Waals surface area (Å²) in [4.78, 5) is 44.6. The summed E-state index contributed by atoms with van der Waals surface area (Å²) < 4.78 is 5.43. The molecule has 2 aliphatic heterocycles. The van der Waals surface area contributed by atoms with Crippen LogP contribution in [0.5, 0.6) is 0 Å². The molecule has 9 nitrogen and oxygen atoms in total. The van der Waals surface area contributed by atoms with E-state index in [4.69, 9.17) is 27.9 Å². The minimum atomic E-state index is -0.817. The number of carbonyl (C=O) groups is 3. The van der Waals surface area contributed by atoms with Gasteiger partial charge in [-0.2, -0.15) is 0 Å². The van der Waals surface area contributed by atoms with E-state index in [2.05, 4.69) is 22.1 Å². The Morgan fingerprint density at radius 3 is 2.62 bits per heavy atom. The van der Waals surface area contributed by atoms with E-state index in [1.165, 1.54) is 4.90 Å². The van der Waals surface area contributed by atoms with Crippen LogP contribution in [0.15, 0.2) is 42.1 Å². The molecule has 0 spiro atoms. The monoisotopic (exact) mass is 551 g/mol. The van der Waals surface area contributed by atoms with E-state index in [1.807, 2.05) is 25.7 Å². The fraction of sp³-hybridized carbons (Fsp3) is 0.500. The number of hydrogen-bond donors (Lipinski definition) is 2. The highest BCUT2D eigenvalue weighted by molar-refractivity contribution is 6.35. The third-order valence-corrected chi connectivity index (χ3v) is 6.84. The molecule has 2 N–H and O–H groups in total. The van der Waals surface area contributed by atoms with Gasteiger partial charge in [0.25, 0.3) is 0 Å². The Morgan fingerprint density at radius 1 is 1.30 bits per heavy atom. The van der Waals surface area contributed by atoms with Crippen molar-refractivity contribution in [2.75, 3.05) is 39.3 Å². The van der Waals surface area contributed by atoms with Gasteiger partial charge in [-0.15, -0.1) is 6.58 Å². The lowest BCUT2D eigenvalue weighted by Gasteiger charge is -2.43. The lowest BCUT2D eigenvalue weighted by atomic mass is 9.93. The number of rotatable bonds is 8. The van der Waals surface area contributed by atoms with Crippen molar-refractivity contribution in [3.8, 4) is 0 Å². The van der Waals surface area contributed by atoms with Gasteiger partial charge in [-0.1, -0.05) is 35.3 Å². The van der Waals surface area contributed by atoms with Gasteiger partial charge in [0.15, 0.2) is 0 Å². The van der Waals surface area contributed by atoms with Crippen LogP contribution in [0.25, 0.3) is 0 Å². The van der Waals surface area contributed by atoms with Crippen molar-refractivity contribution in [1.82, 2.24) is 25.3 Å². The number of piperazine rings is 1. The topological polar surface area (TPSA) is 94.2 Å². The Bertz CT molecular complexity index is 1080. The van der Waals surface area contributed by atoms with E-state index in [0.717, 1.165) is 0 Å². The van der Waals surface area contributed by atoms with Gasteiger partial charge in [-0.3, -0.25) is 9.80 Å². The zero-order valence-corrected chi connectivity index (χ0v) is 23.2. The summed E-state index contributed by atoms with van der Waals surface area (Å²) in [5, 5.41) is 6.62. The average Bonchev–Trinajstić information content (AvgIpc) is 2.81. The number of hydrogen-bond acceptors (Lipinski definition) is 5. The lowest BCUT2D eigenvalue weighted by molar-refractivity contribution is -0.139. The van der Waals surface area contributed by atoms with E-state index in [0.29, 0.717) is 53.1 Å². The van der Waals surface area contributed by atoms with Crippen molar-refractivity contribution in [2.24, 2.45) is 0 Å². The van der Waals surface area contributed by atoms with Crippen molar-refractivity contribution in [3.63, 3.8) is 0 Å². The first kappa shape index (κ1) is 28.8. The summed E-state index contributed by atoms with van der Waals surface area (Å²) in [5.74, 6) is -0.537. The van der Waals surface area contributed by atoms with E-state index in [-0.39, 0.29) is 37.3 Å². The number of amides is 4. The standard InChI is InChI=1S/C26H35Cl2N5O4/c1-6-10-33-21(15-31-11-12-32(17(5)14-31)25(35)29-16(3)4)22(24(34)37-7-2)23(30-26(33)36)19-9-8-18(27)13-20(19)28/h6,8-9,13,16-17,23H,1,7,10-12,14-15H2,2-5H3,(H,29,35)(H,30,36)/t17-,23+/m0/s1. The maximum absolute atomic E-state index is 13.3. The second-order valence-corrected chi connectivity index (χ2v) is 10.3. The fourth-order valence-corrected chi connectivity index (χ4v) is 5.15. The number of urea groups is 2. The van der Waals surface area contributed by atoms with Crippen LogP contribution < -0.4 is 10.6 Å². The van der Waals surface area contributed by atoms with Gasteiger partial charge >= 0.3 is 18.0 Å². The summed E-state index contributed by atoms with van der Waals surface area (Å²) in [5.41, 5.74) is 1.37. The lowest BCUT2D eigenvalue weighted by Crippen LogP contribution is -2.58. The maximum Gasteiger partial charge on any atom is 0.338 e. The molecule has 0 bridgehead atoms. The van der Waals surface area contributed by atoms with Gasteiger partial charge in [0, 0.05) is 60.5 Å². The van der Waals surface area contributed by atoms with Crippen LogP contribution in [0.1, 0.15) is 39.3 Å². The minimum absolute atomic E-state index is 0.0415. The smallest absolute Gasteiger partial charge is 0.338 e. The summed E-state index contributed by atoms with van der Waals surface area (Å²) in [6, 6.07) is 3.62. The molecule has 4 amide bonds. The van der Waals surface area contributed by atoms with E-state index in [1.54, 1.807) is 31.2 Å². The molecule has 11 heteroatoms. The average molecular weight is 553 g/mol. The molecular weight excluding hydrogens is 517 g/mol. The largest absolute Gasteiger partial charge is 0.463 e. The first-order chi connectivity index (χ1) is 17.6. The van der Waals surface area contributed by atoms with E-state index < -0.39 is 12.0 Å². The SMILES string of the molecule is C=CCN1C(=O)N[C@H](c2ccc(Cl)cc2Cl)C(C(=O)OCC)=C1CN1CCN(C(=O)NC(C)C)[C@@H](C)C1. The molecule has 2 aliphatic rings. The molecule has 0 unspecified atom stereocenters. The van der Waals surface area contributed by atoms with Crippen molar-refractivity contribution < 1.29 is 19.1 Å². The predicted molar refractivity (Wildman–Crippen MR) is 145 cm³/mol. The molecule has 0 saturated carbocycles. The number of nitrogens with zero attached hydrogens (tertiary/aromatic N) is 3. The second-order valence-electron chi connectivity index (χ2n) is 9.41. The van der Waals surface area contributed by atoms with Gasteiger partial charge in [-0.25, -0.2) is 14.4 Å². The van der Waals surface area contributed by atoms with Gasteiger partial charge in [-0.05, 0) is 45.4 Å². The first-order valence-electron chi connectivity index (χ1n) is 12.4. The second kappa shape index (κ2) is 12.7. The molecule has 1 fully saturated rings. The van der Waals surface area contributed by atoms with Crippen molar-refractivity contribution in [2.45, 2.75) is 45.8 Å². The highest BCUT2D eigenvalue weighted by atomic mass is 35.5. The molecule has 2 atom stereocenters. The predicted octanol–water partition coefficient (Wildman–Crippen LogP) is 4.19. The molecule has 0 aromatic heterocycles. The molecule has 3 rings (SSSR count). The summed E-state index contributed by atoms with van der Waals surface area (Å²) in [7, 11) is 0. The molecule has 2 heterocycles. The van der Waals surface area contributed by atoms with Gasteiger partial charge in [0.1, 0.15) is 0 Å². The normalized spacial score (nSPS) is 20.7. The number of halogens is 2. The Labute approximate surface area is 228 Å². The zero-order valence-electron chi connectivity index (χ0n) is 21.7. The van der Waals surface area contributed by atoms with Gasteiger partial charge < -0.3 is 20.3 Å². The molecule has 0 aliphatic carbocycles. The molecule has 202 valence electrons. The Hall–Kier alpha value is -2.75. The number of ether oxygens (including phenoxy) is 1. The first-order valence-corrected chi connectivity index (χ1v) is 13.2. The van der Waals surface area contributed by atoms with Gasteiger partial charge in [0.05, 0.1) is 18.2 Å². The summed E-state index contributed by atoms with van der Waals surface area (Å²) >= 11 is 12.6. The third kappa shape index (κ3) is 6.77. The summed E-state index contributed by atoms with van der Waals surface area (Å²) in [6.45, 7) is 13.7. The van der Waals surface area contributed by atoms with Crippen LogP contribution in [-0.4, -0.2) is 84.1 Å². The van der Waals surface area contributed by atoms with Gasteiger partial charge in [0.2, 0.25) is 0 Å².